The van der Waals surface area contributed by atoms with Crippen molar-refractivity contribution in [1.82, 2.24) is 0 Å². The number of rotatable bonds is 12. The highest BCUT2D eigenvalue weighted by Crippen LogP contribution is 2.16. The maximum absolute atomic E-state index is 10.6. The minimum atomic E-state index is -0.839. The van der Waals surface area contributed by atoms with Gasteiger partial charge >= 0.3 is 5.97 Å². The Labute approximate surface area is 143 Å². The Bertz CT molecular complexity index is 413. The largest absolute Gasteiger partial charge is 0.479 e. The van der Waals surface area contributed by atoms with Crippen LogP contribution in [0.2, 0.25) is 0 Å². The fourth-order valence-electron chi connectivity index (χ4n) is 2.13. The van der Waals surface area contributed by atoms with Crippen LogP contribution in [-0.4, -0.2) is 22.8 Å². The van der Waals surface area contributed by atoms with E-state index in [2.05, 4.69) is 42.9 Å². The first kappa shape index (κ1) is 18.6. The number of nitrogens with zero attached hydrogens (tertiary/aromatic N) is 1. The van der Waals surface area contributed by atoms with Gasteiger partial charge in [0.1, 0.15) is 0 Å². The van der Waals surface area contributed by atoms with Gasteiger partial charge in [0.25, 0.3) is 0 Å². The number of hydrogen-bond acceptors (Lipinski definition) is 2. The number of hydrogen-bond donors (Lipinski definition) is 1. The molecule has 0 saturated carbocycles. The van der Waals surface area contributed by atoms with Crippen molar-refractivity contribution in [2.45, 2.75) is 63.8 Å². The molecular formula is C16H23Br2NO2. The summed E-state index contributed by atoms with van der Waals surface area (Å²) in [6.45, 7) is 0. The molecule has 0 radical (unpaired) electrons. The average Bonchev–Trinajstić information content (AvgIpc) is 3.19. The molecule has 0 amide bonds. The first-order valence-corrected chi connectivity index (χ1v) is 9.18. The zero-order chi connectivity index (χ0) is 15.5. The number of halogens is 2. The van der Waals surface area contributed by atoms with Gasteiger partial charge in [-0.05, 0) is 63.6 Å². The molecule has 0 unspecified atom stereocenters. The van der Waals surface area contributed by atoms with E-state index in [1.54, 1.807) is 0 Å². The molecule has 21 heavy (non-hydrogen) atoms. The number of allylic oxidation sites excluding steroid dienone is 2. The van der Waals surface area contributed by atoms with Crippen molar-refractivity contribution in [3.8, 4) is 0 Å². The number of aliphatic imine (C=N–C) groups is 1. The lowest BCUT2D eigenvalue weighted by molar-refractivity contribution is -0.135. The third kappa shape index (κ3) is 10.0. The molecule has 1 atom stereocenters. The first-order chi connectivity index (χ1) is 10.1. The molecule has 1 heterocycles. The zero-order valence-corrected chi connectivity index (χ0v) is 15.4. The maximum Gasteiger partial charge on any atom is 0.334 e. The van der Waals surface area contributed by atoms with E-state index in [0.29, 0.717) is 5.71 Å². The van der Waals surface area contributed by atoms with Gasteiger partial charge in [0.05, 0.1) is 9.10 Å². The summed E-state index contributed by atoms with van der Waals surface area (Å²) in [7, 11) is 0. The summed E-state index contributed by atoms with van der Waals surface area (Å²) in [6.07, 6.45) is 17.2. The minimum absolute atomic E-state index is 0.554. The molecule has 0 aromatic heterocycles. The van der Waals surface area contributed by atoms with Crippen LogP contribution >= 0.6 is 31.9 Å². The minimum Gasteiger partial charge on any atom is -0.479 e. The second-order valence-electron chi connectivity index (χ2n) is 5.24. The van der Waals surface area contributed by atoms with Crippen molar-refractivity contribution in [3.05, 3.63) is 21.6 Å². The summed E-state index contributed by atoms with van der Waals surface area (Å²) >= 11 is 6.71. The summed E-state index contributed by atoms with van der Waals surface area (Å²) in [6, 6.07) is -0.554. The summed E-state index contributed by atoms with van der Waals surface area (Å²) in [4.78, 5) is 14.4. The van der Waals surface area contributed by atoms with Gasteiger partial charge in [-0.3, -0.25) is 4.99 Å². The topological polar surface area (TPSA) is 49.7 Å². The van der Waals surface area contributed by atoms with Crippen molar-refractivity contribution in [1.29, 1.82) is 0 Å². The zero-order valence-electron chi connectivity index (χ0n) is 12.2. The lowest BCUT2D eigenvalue weighted by Gasteiger charge is -2.00. The summed E-state index contributed by atoms with van der Waals surface area (Å²) < 4.78 is 1.05. The normalized spacial score (nSPS) is 16.9. The van der Waals surface area contributed by atoms with E-state index in [0.717, 1.165) is 16.2 Å². The van der Waals surface area contributed by atoms with Crippen LogP contribution in [0.5, 0.6) is 0 Å². The van der Waals surface area contributed by atoms with Crippen LogP contribution in [0.25, 0.3) is 0 Å². The van der Waals surface area contributed by atoms with Crippen LogP contribution in [0.3, 0.4) is 0 Å². The Kier molecular flexibility index (Phi) is 9.92. The Morgan fingerprint density at radius 2 is 1.62 bits per heavy atom. The van der Waals surface area contributed by atoms with Crippen LogP contribution in [-0.2, 0) is 4.79 Å². The number of carboxylic acid groups (broad SMARTS) is 1. The molecule has 1 rings (SSSR count). The van der Waals surface area contributed by atoms with Crippen LogP contribution in [0, 0.1) is 0 Å². The van der Waals surface area contributed by atoms with Gasteiger partial charge in [-0.1, -0.05) is 44.3 Å². The van der Waals surface area contributed by atoms with Gasteiger partial charge in [0.2, 0.25) is 0 Å². The number of carbonyl (C=O) groups is 1. The third-order valence-corrected chi connectivity index (χ3v) is 4.03. The molecule has 3 nitrogen and oxygen atoms in total. The lowest BCUT2D eigenvalue weighted by atomic mass is 10.1. The van der Waals surface area contributed by atoms with Crippen LogP contribution in [0.1, 0.15) is 57.8 Å². The number of unbranched alkanes of at least 4 members (excludes halogenated alkanes) is 8. The van der Waals surface area contributed by atoms with Crippen molar-refractivity contribution < 1.29 is 9.90 Å². The van der Waals surface area contributed by atoms with E-state index in [1.807, 2.05) is 12.2 Å². The summed E-state index contributed by atoms with van der Waals surface area (Å²) in [5, 5.41) is 8.67. The van der Waals surface area contributed by atoms with E-state index >= 15 is 0 Å². The van der Waals surface area contributed by atoms with Gasteiger partial charge in [-0.25, -0.2) is 4.79 Å². The molecule has 5 heteroatoms. The van der Waals surface area contributed by atoms with Gasteiger partial charge in [-0.2, -0.15) is 0 Å². The number of aliphatic carboxylic acids is 1. The van der Waals surface area contributed by atoms with E-state index in [9.17, 15) is 4.79 Å². The van der Waals surface area contributed by atoms with Crippen molar-refractivity contribution in [2.24, 2.45) is 4.99 Å². The molecule has 0 saturated heterocycles. The summed E-state index contributed by atoms with van der Waals surface area (Å²) in [5.41, 5.74) is 0.715. The Balaban J connectivity index is 1.81. The molecule has 0 fully saturated rings. The lowest BCUT2D eigenvalue weighted by Crippen LogP contribution is -2.09. The van der Waals surface area contributed by atoms with Gasteiger partial charge in [-0.15, -0.1) is 0 Å². The molecule has 0 aromatic carbocycles. The highest BCUT2D eigenvalue weighted by molar-refractivity contribution is 9.28. The van der Waals surface area contributed by atoms with Crippen molar-refractivity contribution >= 4 is 43.5 Å². The summed E-state index contributed by atoms with van der Waals surface area (Å²) in [5.74, 6) is -0.839. The van der Waals surface area contributed by atoms with E-state index in [4.69, 9.17) is 5.11 Å². The second kappa shape index (κ2) is 11.2. The highest BCUT2D eigenvalue weighted by Gasteiger charge is 2.32. The molecule has 1 aliphatic rings. The monoisotopic (exact) mass is 419 g/mol. The number of carboxylic acids is 1. The predicted molar refractivity (Wildman–Crippen MR) is 95.5 cm³/mol. The standard InChI is InChI=1S/C16H23Br2NO2/c17-14(18)12-10-8-6-4-2-1-3-5-7-9-11-13-15(19-13)16(20)21/h9,11-12,15H,1-8,10H2,(H,20,21)/b11-9+/t15-/m1/s1. The highest BCUT2D eigenvalue weighted by atomic mass is 79.9. The molecule has 1 aliphatic heterocycles. The van der Waals surface area contributed by atoms with E-state index in [1.165, 1.54) is 44.9 Å². The van der Waals surface area contributed by atoms with Crippen molar-refractivity contribution in [3.63, 3.8) is 0 Å². The third-order valence-electron chi connectivity index (χ3n) is 3.39. The van der Waals surface area contributed by atoms with Gasteiger partial charge in [0.15, 0.2) is 6.04 Å². The van der Waals surface area contributed by atoms with Gasteiger partial charge < -0.3 is 5.11 Å². The molecule has 0 aromatic rings. The molecule has 0 spiro atoms. The molecule has 0 bridgehead atoms. The predicted octanol–water partition coefficient (Wildman–Crippen LogP) is 5.59. The molecular weight excluding hydrogens is 398 g/mol. The van der Waals surface area contributed by atoms with E-state index in [-0.39, 0.29) is 0 Å². The molecule has 1 N–H and O–H groups in total. The second-order valence-corrected chi connectivity index (χ2v) is 8.02. The SMILES string of the molecule is O=C(O)[C@@H]1N=C1/C=C/CCCCCCCCCC=C(Br)Br. The fraction of sp³-hybridized carbons (Fsp3) is 0.625. The Morgan fingerprint density at radius 1 is 1.05 bits per heavy atom. The van der Waals surface area contributed by atoms with Crippen LogP contribution in [0.4, 0.5) is 0 Å². The van der Waals surface area contributed by atoms with Gasteiger partial charge in [0, 0.05) is 0 Å². The average molecular weight is 421 g/mol. The van der Waals surface area contributed by atoms with Crippen LogP contribution < -0.4 is 0 Å². The molecule has 0 aliphatic carbocycles. The molecule has 118 valence electrons. The van der Waals surface area contributed by atoms with Crippen molar-refractivity contribution in [2.75, 3.05) is 0 Å². The fourth-order valence-corrected chi connectivity index (χ4v) is 2.59. The Hall–Kier alpha value is -0.420. The smallest absolute Gasteiger partial charge is 0.334 e. The van der Waals surface area contributed by atoms with E-state index < -0.39 is 12.0 Å². The quantitative estimate of drug-likeness (QED) is 0.418. The maximum atomic E-state index is 10.6. The Morgan fingerprint density at radius 3 is 2.14 bits per heavy atom. The van der Waals surface area contributed by atoms with Crippen LogP contribution in [0.15, 0.2) is 26.6 Å². The first-order valence-electron chi connectivity index (χ1n) is 7.59.